The third-order valence-corrected chi connectivity index (χ3v) is 5.25. The van der Waals surface area contributed by atoms with E-state index in [9.17, 15) is 4.79 Å². The molecule has 1 aliphatic rings. The zero-order valence-corrected chi connectivity index (χ0v) is 19.3. The minimum absolute atomic E-state index is 0.0806. The van der Waals surface area contributed by atoms with Crippen molar-refractivity contribution >= 4 is 23.7 Å². The minimum Gasteiger partial charge on any atom is -0.473 e. The van der Waals surface area contributed by atoms with Crippen molar-refractivity contribution in [2.24, 2.45) is 0 Å². The molecule has 4 heterocycles. The van der Waals surface area contributed by atoms with Crippen molar-refractivity contribution in [2.45, 2.75) is 38.6 Å². The molecule has 36 heavy (non-hydrogen) atoms. The van der Waals surface area contributed by atoms with E-state index in [0.717, 1.165) is 37.9 Å². The number of carbonyl (C=O) groups excluding carboxylic acids is 1. The van der Waals surface area contributed by atoms with Crippen LogP contribution in [-0.2, 0) is 27.3 Å². The molecule has 0 spiro atoms. The summed E-state index contributed by atoms with van der Waals surface area (Å²) in [5.41, 5.74) is 7.70. The first-order valence-corrected chi connectivity index (χ1v) is 11.1. The molecular formula is C21H26N8O7. The van der Waals surface area contributed by atoms with Crippen LogP contribution in [0.3, 0.4) is 0 Å². The van der Waals surface area contributed by atoms with Gasteiger partial charge in [-0.25, -0.2) is 19.0 Å². The Hall–Kier alpha value is -4.40. The van der Waals surface area contributed by atoms with Crippen molar-refractivity contribution in [3.8, 4) is 5.82 Å². The average molecular weight is 502 g/mol. The number of anilines is 1. The molecule has 1 aliphatic heterocycles. The molecule has 1 fully saturated rings. The third kappa shape index (κ3) is 7.30. The summed E-state index contributed by atoms with van der Waals surface area (Å²) in [6.45, 7) is 2.65. The maximum absolute atomic E-state index is 12.7. The van der Waals surface area contributed by atoms with Gasteiger partial charge in [0.15, 0.2) is 5.69 Å². The zero-order valence-electron chi connectivity index (χ0n) is 19.3. The van der Waals surface area contributed by atoms with Gasteiger partial charge in [-0.1, -0.05) is 11.6 Å². The van der Waals surface area contributed by atoms with Crippen LogP contribution in [0.25, 0.3) is 5.82 Å². The van der Waals surface area contributed by atoms with Gasteiger partial charge in [-0.05, 0) is 66.8 Å². The smallest absolute Gasteiger partial charge is 0.414 e. The molecule has 192 valence electrons. The molecule has 3 aromatic rings. The van der Waals surface area contributed by atoms with Crippen molar-refractivity contribution in [2.75, 3.05) is 25.4 Å². The number of aryl methyl sites for hydroxylation is 1. The van der Waals surface area contributed by atoms with Gasteiger partial charge in [0.05, 0.1) is 12.3 Å². The summed E-state index contributed by atoms with van der Waals surface area (Å²) in [4.78, 5) is 37.2. The van der Waals surface area contributed by atoms with Gasteiger partial charge < -0.3 is 20.7 Å². The Bertz CT molecular complexity index is 1150. The van der Waals surface area contributed by atoms with E-state index in [1.165, 1.54) is 11.1 Å². The number of aliphatic carboxylic acids is 2. The van der Waals surface area contributed by atoms with Crippen LogP contribution in [0.4, 0.5) is 5.82 Å². The Labute approximate surface area is 204 Å². The van der Waals surface area contributed by atoms with Crippen LogP contribution in [0.15, 0.2) is 29.2 Å². The van der Waals surface area contributed by atoms with Crippen LogP contribution in [0, 0.1) is 0 Å². The molecular weight excluding hydrogens is 476 g/mol. The molecule has 0 unspecified atom stereocenters. The maximum Gasteiger partial charge on any atom is 0.414 e. The number of piperidine rings is 1. The van der Waals surface area contributed by atoms with Crippen LogP contribution in [0.1, 0.15) is 47.4 Å². The summed E-state index contributed by atoms with van der Waals surface area (Å²) in [6.07, 6.45) is 8.43. The number of ether oxygens (including phenoxy) is 1. The highest BCUT2D eigenvalue weighted by Crippen LogP contribution is 2.20. The first kappa shape index (κ1) is 26.2. The number of likely N-dealkylation sites (tertiary alicyclic amines) is 1. The second-order valence-electron chi connectivity index (χ2n) is 7.81. The minimum atomic E-state index is -1.82. The Kier molecular flexibility index (Phi) is 9.39. The molecule has 0 aliphatic carbocycles. The number of nitrogens with zero attached hydrogens (tertiary/aromatic N) is 7. The zero-order chi connectivity index (χ0) is 25.9. The van der Waals surface area contributed by atoms with E-state index < -0.39 is 17.9 Å². The first-order chi connectivity index (χ1) is 17.4. The predicted octanol–water partition coefficient (Wildman–Crippen LogP) is 0.559. The quantitative estimate of drug-likeness (QED) is 0.218. The topological polar surface area (TPSA) is 213 Å². The van der Waals surface area contributed by atoms with Crippen LogP contribution < -0.4 is 5.73 Å². The molecule has 15 heteroatoms. The van der Waals surface area contributed by atoms with E-state index in [1.807, 2.05) is 12.1 Å². The van der Waals surface area contributed by atoms with Gasteiger partial charge in [0.2, 0.25) is 11.6 Å². The van der Waals surface area contributed by atoms with E-state index in [-0.39, 0.29) is 23.9 Å². The lowest BCUT2D eigenvalue weighted by Gasteiger charge is -2.26. The fourth-order valence-electron chi connectivity index (χ4n) is 3.50. The van der Waals surface area contributed by atoms with Gasteiger partial charge in [0, 0.05) is 18.9 Å². The molecule has 0 aromatic carbocycles. The summed E-state index contributed by atoms with van der Waals surface area (Å²) in [5.74, 6) is -3.87. The van der Waals surface area contributed by atoms with Crippen LogP contribution in [-0.4, -0.2) is 83.0 Å². The van der Waals surface area contributed by atoms with Crippen molar-refractivity contribution in [3.63, 3.8) is 0 Å². The molecule has 3 aromatic heterocycles. The van der Waals surface area contributed by atoms with E-state index in [0.29, 0.717) is 18.7 Å². The number of carboxylic acids is 2. The predicted molar refractivity (Wildman–Crippen MR) is 121 cm³/mol. The van der Waals surface area contributed by atoms with E-state index in [4.69, 9.17) is 30.3 Å². The molecule has 0 saturated carbocycles. The van der Waals surface area contributed by atoms with E-state index >= 15 is 0 Å². The summed E-state index contributed by atoms with van der Waals surface area (Å²) < 4.78 is 11.6. The monoisotopic (exact) mass is 502 g/mol. The highest BCUT2D eigenvalue weighted by atomic mass is 16.6. The number of aromatic nitrogens is 6. The van der Waals surface area contributed by atoms with E-state index in [1.54, 1.807) is 12.4 Å². The molecule has 1 saturated heterocycles. The summed E-state index contributed by atoms with van der Waals surface area (Å²) in [5, 5.41) is 30.3. The fourth-order valence-corrected chi connectivity index (χ4v) is 3.50. The average Bonchev–Trinajstić information content (AvgIpc) is 3.49. The first-order valence-electron chi connectivity index (χ1n) is 11.1. The third-order valence-electron chi connectivity index (χ3n) is 5.25. The SMILES string of the molecule is Nc1nonc1-n1nnc(C(=O)OCCCc2ccncc2)c1CN1CCCCC1.O=C(O)C(=O)O. The van der Waals surface area contributed by atoms with Crippen LogP contribution in [0.5, 0.6) is 0 Å². The molecule has 0 radical (unpaired) electrons. The second kappa shape index (κ2) is 12.9. The highest BCUT2D eigenvalue weighted by molar-refractivity contribution is 6.27. The Balaban J connectivity index is 0.000000538. The van der Waals surface area contributed by atoms with Gasteiger partial charge in [-0.15, -0.1) is 5.10 Å². The van der Waals surface area contributed by atoms with Gasteiger partial charge in [-0.3, -0.25) is 9.88 Å². The van der Waals surface area contributed by atoms with Crippen LogP contribution in [0.2, 0.25) is 0 Å². The van der Waals surface area contributed by atoms with E-state index in [2.05, 4.69) is 35.1 Å². The van der Waals surface area contributed by atoms with Gasteiger partial charge in [-0.2, -0.15) is 4.68 Å². The highest BCUT2D eigenvalue weighted by Gasteiger charge is 2.27. The fraction of sp³-hybridized carbons (Fsp3) is 0.429. The molecule has 0 amide bonds. The number of nitrogen functional groups attached to an aromatic ring is 1. The lowest BCUT2D eigenvalue weighted by molar-refractivity contribution is -0.159. The Morgan fingerprint density at radius 2 is 1.75 bits per heavy atom. The molecule has 15 nitrogen and oxygen atoms in total. The second-order valence-corrected chi connectivity index (χ2v) is 7.81. The number of esters is 1. The number of hydrogen-bond donors (Lipinski definition) is 3. The number of hydrogen-bond acceptors (Lipinski definition) is 12. The Morgan fingerprint density at radius 3 is 2.36 bits per heavy atom. The molecule has 0 atom stereocenters. The molecule has 4 N–H and O–H groups in total. The maximum atomic E-state index is 12.7. The largest absolute Gasteiger partial charge is 0.473 e. The normalized spacial score (nSPS) is 13.4. The number of pyridine rings is 1. The molecule has 0 bridgehead atoms. The lowest BCUT2D eigenvalue weighted by atomic mass is 10.1. The van der Waals surface area contributed by atoms with Crippen LogP contribution >= 0.6 is 0 Å². The van der Waals surface area contributed by atoms with Crippen molar-refractivity contribution in [3.05, 3.63) is 41.5 Å². The van der Waals surface area contributed by atoms with Gasteiger partial charge in [0.25, 0.3) is 0 Å². The Morgan fingerprint density at radius 1 is 1.06 bits per heavy atom. The number of nitrogens with two attached hydrogens (primary N) is 1. The van der Waals surface area contributed by atoms with Crippen molar-refractivity contribution < 1.29 is 34.0 Å². The summed E-state index contributed by atoms with van der Waals surface area (Å²) in [7, 11) is 0. The van der Waals surface area contributed by atoms with Crippen molar-refractivity contribution in [1.29, 1.82) is 0 Å². The number of carbonyl (C=O) groups is 3. The number of rotatable bonds is 8. The molecule has 4 rings (SSSR count). The standard InChI is InChI=1S/C19H24N8O3.C2H2O4/c20-17-18(24-30-23-17)27-15(13-26-10-2-1-3-11-26)16(22-25-27)19(28)29-12-4-5-14-6-8-21-9-7-14;3-1(4)2(5)6/h6-9H,1-5,10-13H2,(H2,20,23);(H,3,4)(H,5,6). The van der Waals surface area contributed by atoms with Gasteiger partial charge in [0.1, 0.15) is 0 Å². The van der Waals surface area contributed by atoms with Crippen molar-refractivity contribution in [1.82, 2.24) is 35.2 Å². The lowest BCUT2D eigenvalue weighted by Crippen LogP contribution is -2.31. The van der Waals surface area contributed by atoms with Gasteiger partial charge >= 0.3 is 17.9 Å². The number of carboxylic acid groups (broad SMARTS) is 2. The summed E-state index contributed by atoms with van der Waals surface area (Å²) in [6, 6.07) is 3.89. The summed E-state index contributed by atoms with van der Waals surface area (Å²) >= 11 is 0.